The fourth-order valence-electron chi connectivity index (χ4n) is 3.67. The number of benzene rings is 2. The highest BCUT2D eigenvalue weighted by atomic mass is 16.5. The molecule has 1 fully saturated rings. The third-order valence-corrected chi connectivity index (χ3v) is 5.30. The van der Waals surface area contributed by atoms with Crippen molar-refractivity contribution in [1.29, 1.82) is 0 Å². The molecule has 1 amide bonds. The predicted octanol–water partition coefficient (Wildman–Crippen LogP) is 2.60. The second kappa shape index (κ2) is 9.11. The van der Waals surface area contributed by atoms with Crippen molar-refractivity contribution in [3.8, 4) is 5.75 Å². The van der Waals surface area contributed by atoms with Crippen molar-refractivity contribution >= 4 is 16.9 Å². The van der Waals surface area contributed by atoms with Gasteiger partial charge in [-0.05, 0) is 29.8 Å². The zero-order valence-electron chi connectivity index (χ0n) is 16.8. The first-order valence-electron chi connectivity index (χ1n) is 9.92. The minimum atomic E-state index is -0.412. The number of para-hydroxylation sites is 1. The summed E-state index contributed by atoms with van der Waals surface area (Å²) in [6.07, 6.45) is 0. The van der Waals surface area contributed by atoms with Crippen molar-refractivity contribution < 1.29 is 18.7 Å². The number of methoxy groups -OCH3 is 1. The lowest BCUT2D eigenvalue weighted by Gasteiger charge is -2.35. The Kier molecular flexibility index (Phi) is 6.11. The summed E-state index contributed by atoms with van der Waals surface area (Å²) >= 11 is 0. The van der Waals surface area contributed by atoms with Gasteiger partial charge in [0.15, 0.2) is 11.2 Å². The van der Waals surface area contributed by atoms with E-state index in [2.05, 4.69) is 10.2 Å². The molecule has 0 unspecified atom stereocenters. The summed E-state index contributed by atoms with van der Waals surface area (Å²) in [6.45, 7) is 3.23. The van der Waals surface area contributed by atoms with Gasteiger partial charge in [-0.15, -0.1) is 0 Å². The van der Waals surface area contributed by atoms with E-state index in [1.165, 1.54) is 6.07 Å². The van der Waals surface area contributed by atoms with Crippen LogP contribution in [0, 0.1) is 0 Å². The number of carbonyl (C=O) groups is 1. The summed E-state index contributed by atoms with van der Waals surface area (Å²) in [5.74, 6) is 0.375. The van der Waals surface area contributed by atoms with Crippen molar-refractivity contribution in [3.05, 3.63) is 76.1 Å². The number of rotatable bonds is 6. The molecule has 3 aromatic rings. The number of fused-ring (bicyclic) bond motifs is 1. The molecule has 1 atom stereocenters. The number of hydrogen-bond donors (Lipinski definition) is 1. The highest BCUT2D eigenvalue weighted by molar-refractivity contribution is 5.93. The summed E-state index contributed by atoms with van der Waals surface area (Å²) in [6, 6.07) is 15.9. The summed E-state index contributed by atoms with van der Waals surface area (Å²) in [4.78, 5) is 27.3. The van der Waals surface area contributed by atoms with E-state index >= 15 is 0 Å². The van der Waals surface area contributed by atoms with Gasteiger partial charge in [0.25, 0.3) is 5.91 Å². The fourth-order valence-corrected chi connectivity index (χ4v) is 3.67. The number of morpholine rings is 1. The van der Waals surface area contributed by atoms with E-state index in [1.54, 1.807) is 31.4 Å². The highest BCUT2D eigenvalue weighted by Crippen LogP contribution is 2.24. The first kappa shape index (κ1) is 20.1. The van der Waals surface area contributed by atoms with Gasteiger partial charge in [-0.3, -0.25) is 14.5 Å². The molecule has 0 bridgehead atoms. The Hall–Kier alpha value is -3.16. The van der Waals surface area contributed by atoms with Crippen LogP contribution in [-0.4, -0.2) is 50.8 Å². The fraction of sp³-hybridized carbons (Fsp3) is 0.304. The van der Waals surface area contributed by atoms with Crippen LogP contribution in [0.4, 0.5) is 0 Å². The average molecular weight is 408 g/mol. The molecule has 2 aromatic carbocycles. The van der Waals surface area contributed by atoms with Crippen molar-refractivity contribution in [1.82, 2.24) is 10.2 Å². The molecule has 0 saturated carbocycles. The summed E-state index contributed by atoms with van der Waals surface area (Å²) in [7, 11) is 1.63. The largest absolute Gasteiger partial charge is 0.497 e. The van der Waals surface area contributed by atoms with Crippen LogP contribution in [0.2, 0.25) is 0 Å². The molecule has 0 radical (unpaired) electrons. The molecule has 30 heavy (non-hydrogen) atoms. The molecule has 1 aliphatic rings. The average Bonchev–Trinajstić information content (AvgIpc) is 2.80. The Morgan fingerprint density at radius 3 is 2.60 bits per heavy atom. The van der Waals surface area contributed by atoms with Crippen LogP contribution >= 0.6 is 0 Å². The van der Waals surface area contributed by atoms with Crippen molar-refractivity contribution in [2.75, 3.05) is 40.0 Å². The van der Waals surface area contributed by atoms with Crippen LogP contribution in [-0.2, 0) is 4.74 Å². The van der Waals surface area contributed by atoms with Crippen molar-refractivity contribution in [3.63, 3.8) is 0 Å². The van der Waals surface area contributed by atoms with E-state index in [0.29, 0.717) is 30.7 Å². The van der Waals surface area contributed by atoms with Crippen LogP contribution in [0.15, 0.2) is 63.8 Å². The third kappa shape index (κ3) is 4.37. The maximum atomic E-state index is 12.8. The van der Waals surface area contributed by atoms with Crippen LogP contribution < -0.4 is 15.5 Å². The van der Waals surface area contributed by atoms with Crippen LogP contribution in [0.5, 0.6) is 5.75 Å². The number of carbonyl (C=O) groups excluding carboxylic acids is 1. The Bertz CT molecular complexity index is 1070. The molecule has 1 aromatic heterocycles. The lowest BCUT2D eigenvalue weighted by molar-refractivity contribution is 0.0161. The molecular formula is C23H24N2O5. The maximum Gasteiger partial charge on any atom is 0.287 e. The lowest BCUT2D eigenvalue weighted by Crippen LogP contribution is -2.43. The summed E-state index contributed by atoms with van der Waals surface area (Å²) in [5.41, 5.74) is 1.23. The number of amides is 1. The van der Waals surface area contributed by atoms with E-state index in [9.17, 15) is 9.59 Å². The van der Waals surface area contributed by atoms with Gasteiger partial charge < -0.3 is 19.2 Å². The first-order valence-corrected chi connectivity index (χ1v) is 9.92. The van der Waals surface area contributed by atoms with Crippen LogP contribution in [0.3, 0.4) is 0 Å². The molecule has 0 aliphatic carbocycles. The molecule has 0 spiro atoms. The third-order valence-electron chi connectivity index (χ3n) is 5.30. The number of hydrogen-bond acceptors (Lipinski definition) is 6. The van der Waals surface area contributed by atoms with Gasteiger partial charge in [-0.25, -0.2) is 0 Å². The monoisotopic (exact) mass is 408 g/mol. The van der Waals surface area contributed by atoms with Gasteiger partial charge in [-0.2, -0.15) is 0 Å². The highest BCUT2D eigenvalue weighted by Gasteiger charge is 2.24. The van der Waals surface area contributed by atoms with Crippen molar-refractivity contribution in [2.24, 2.45) is 0 Å². The standard InChI is InChI=1S/C23H24N2O5/c1-28-17-8-6-16(7-9-17)19(25-10-12-29-13-11-25)15-24-23(27)22-14-20(26)18-4-2-3-5-21(18)30-22/h2-9,14,19H,10-13,15H2,1H3,(H,24,27)/t19-/m1/s1. The van der Waals surface area contributed by atoms with Crippen LogP contribution in [0.25, 0.3) is 11.0 Å². The molecule has 1 aliphatic heterocycles. The predicted molar refractivity (Wildman–Crippen MR) is 113 cm³/mol. The van der Waals surface area contributed by atoms with E-state index < -0.39 is 5.91 Å². The van der Waals surface area contributed by atoms with Gasteiger partial charge in [0.2, 0.25) is 0 Å². The lowest BCUT2D eigenvalue weighted by atomic mass is 10.0. The number of ether oxygens (including phenoxy) is 2. The normalized spacial score (nSPS) is 15.6. The zero-order chi connectivity index (χ0) is 20.9. The molecule has 1 saturated heterocycles. The Morgan fingerprint density at radius 1 is 1.13 bits per heavy atom. The van der Waals surface area contributed by atoms with Gasteiger partial charge >= 0.3 is 0 Å². The van der Waals surface area contributed by atoms with Gasteiger partial charge in [-0.1, -0.05) is 24.3 Å². The molecule has 2 heterocycles. The second-order valence-electron chi connectivity index (χ2n) is 7.12. The SMILES string of the molecule is COc1ccc([C@@H](CNC(=O)c2cc(=O)c3ccccc3o2)N2CCOCC2)cc1. The van der Waals surface area contributed by atoms with Crippen LogP contribution in [0.1, 0.15) is 22.2 Å². The Balaban J connectivity index is 1.54. The zero-order valence-corrected chi connectivity index (χ0v) is 16.8. The van der Waals surface area contributed by atoms with E-state index in [4.69, 9.17) is 13.9 Å². The molecule has 4 rings (SSSR count). The molecule has 7 heteroatoms. The topological polar surface area (TPSA) is 81.0 Å². The minimum absolute atomic E-state index is 0.00848. The summed E-state index contributed by atoms with van der Waals surface area (Å²) in [5, 5.41) is 3.39. The molecule has 7 nitrogen and oxygen atoms in total. The smallest absolute Gasteiger partial charge is 0.287 e. The summed E-state index contributed by atoms with van der Waals surface area (Å²) < 4.78 is 16.4. The first-order chi connectivity index (χ1) is 14.7. The van der Waals surface area contributed by atoms with Gasteiger partial charge in [0.05, 0.1) is 31.8 Å². The van der Waals surface area contributed by atoms with Crippen molar-refractivity contribution in [2.45, 2.75) is 6.04 Å². The van der Waals surface area contributed by atoms with Gasteiger partial charge in [0, 0.05) is 25.7 Å². The Labute approximate surface area is 174 Å². The van der Waals surface area contributed by atoms with E-state index in [-0.39, 0.29) is 17.2 Å². The van der Waals surface area contributed by atoms with Gasteiger partial charge in [0.1, 0.15) is 11.3 Å². The minimum Gasteiger partial charge on any atom is -0.497 e. The second-order valence-corrected chi connectivity index (χ2v) is 7.12. The quantitative estimate of drug-likeness (QED) is 0.675. The number of nitrogens with one attached hydrogen (secondary N) is 1. The van der Waals surface area contributed by atoms with E-state index in [1.807, 2.05) is 24.3 Å². The molecule has 1 N–H and O–H groups in total. The molecule has 156 valence electrons. The maximum absolute atomic E-state index is 12.8. The number of nitrogens with zero attached hydrogens (tertiary/aromatic N) is 1. The van der Waals surface area contributed by atoms with E-state index in [0.717, 1.165) is 24.4 Å². The molecular weight excluding hydrogens is 384 g/mol. The Morgan fingerprint density at radius 2 is 1.87 bits per heavy atom.